The lowest BCUT2D eigenvalue weighted by Gasteiger charge is -2.25. The lowest BCUT2D eigenvalue weighted by atomic mass is 9.98. The zero-order valence-electron chi connectivity index (χ0n) is 21.1. The van der Waals surface area contributed by atoms with Crippen LogP contribution in [0.3, 0.4) is 0 Å². The second-order valence-corrected chi connectivity index (χ2v) is 10.5. The quantitative estimate of drug-likeness (QED) is 0.320. The fourth-order valence-electron chi connectivity index (χ4n) is 4.50. The van der Waals surface area contributed by atoms with Crippen LogP contribution in [0.2, 0.25) is 5.02 Å². The van der Waals surface area contributed by atoms with Gasteiger partial charge in [-0.05, 0) is 44.0 Å². The van der Waals surface area contributed by atoms with Crippen LogP contribution in [0.1, 0.15) is 54.7 Å². The van der Waals surface area contributed by atoms with Crippen molar-refractivity contribution < 1.29 is 31.5 Å². The smallest absolute Gasteiger partial charge is 0.267 e. The molecule has 0 fully saturated rings. The van der Waals surface area contributed by atoms with E-state index in [2.05, 4.69) is 10.2 Å². The largest absolute Gasteiger partial charge is 0.493 e. The fourth-order valence-corrected chi connectivity index (χ4v) is 5.68. The SMILES string of the molecule is CCOS(=O)(=O)CCCC1OC(c2cccc(OC)c2OC)c2cc(Cl)ccc2-n2c(COC)nnc21. The first kappa shape index (κ1) is 27.3. The van der Waals surface area contributed by atoms with Gasteiger partial charge in [0.25, 0.3) is 10.1 Å². The molecule has 1 aliphatic rings. The molecule has 3 aromatic rings. The van der Waals surface area contributed by atoms with Crippen molar-refractivity contribution in [3.8, 4) is 17.2 Å². The zero-order valence-corrected chi connectivity index (χ0v) is 22.7. The molecule has 37 heavy (non-hydrogen) atoms. The monoisotopic (exact) mass is 551 g/mol. The number of nitrogens with zero attached hydrogens (tertiary/aromatic N) is 3. The third kappa shape index (κ3) is 5.75. The number of para-hydroxylation sites is 1. The van der Waals surface area contributed by atoms with E-state index < -0.39 is 22.3 Å². The van der Waals surface area contributed by atoms with Gasteiger partial charge in [0.1, 0.15) is 18.8 Å². The van der Waals surface area contributed by atoms with E-state index in [4.69, 9.17) is 34.7 Å². The Hall–Kier alpha value is -2.70. The van der Waals surface area contributed by atoms with Crippen molar-refractivity contribution in [3.63, 3.8) is 0 Å². The van der Waals surface area contributed by atoms with Crippen molar-refractivity contribution in [1.82, 2.24) is 14.8 Å². The lowest BCUT2D eigenvalue weighted by Crippen LogP contribution is -2.15. The molecule has 0 aliphatic carbocycles. The van der Waals surface area contributed by atoms with Crippen LogP contribution in [0.25, 0.3) is 5.69 Å². The van der Waals surface area contributed by atoms with Gasteiger partial charge in [-0.25, -0.2) is 0 Å². The van der Waals surface area contributed by atoms with Crippen LogP contribution in [-0.4, -0.2) is 56.9 Å². The van der Waals surface area contributed by atoms with Crippen molar-refractivity contribution in [2.75, 3.05) is 33.7 Å². The number of hydrogen-bond acceptors (Lipinski definition) is 9. The Labute approximate surface area is 221 Å². The summed E-state index contributed by atoms with van der Waals surface area (Å²) in [6.07, 6.45) is -0.605. The molecule has 2 heterocycles. The van der Waals surface area contributed by atoms with Gasteiger partial charge in [0.05, 0.1) is 32.3 Å². The van der Waals surface area contributed by atoms with Gasteiger partial charge in [-0.3, -0.25) is 8.75 Å². The summed E-state index contributed by atoms with van der Waals surface area (Å²) in [5.74, 6) is 2.04. The topological polar surface area (TPSA) is 111 Å². The third-order valence-electron chi connectivity index (χ3n) is 6.00. The standard InChI is InChI=1S/C25H30ClN3O7S/c1-5-35-37(30,31)13-7-10-21-25-28-27-22(15-32-2)29(25)19-12-11-16(26)14-18(19)23(36-21)17-8-6-9-20(33-3)24(17)34-4/h6,8-9,11-12,14,21,23H,5,7,10,13,15H2,1-4H3. The molecule has 0 radical (unpaired) electrons. The molecule has 10 nitrogen and oxygen atoms in total. The summed E-state index contributed by atoms with van der Waals surface area (Å²) < 4.78 is 54.5. The van der Waals surface area contributed by atoms with E-state index in [-0.39, 0.29) is 19.0 Å². The van der Waals surface area contributed by atoms with Gasteiger partial charge in [-0.1, -0.05) is 23.7 Å². The van der Waals surface area contributed by atoms with Crippen LogP contribution < -0.4 is 9.47 Å². The Kier molecular flexibility index (Phi) is 8.71. The maximum absolute atomic E-state index is 12.2. The van der Waals surface area contributed by atoms with Gasteiger partial charge in [0, 0.05) is 23.3 Å². The maximum Gasteiger partial charge on any atom is 0.267 e. The van der Waals surface area contributed by atoms with E-state index >= 15 is 0 Å². The predicted molar refractivity (Wildman–Crippen MR) is 137 cm³/mol. The number of methoxy groups -OCH3 is 3. The maximum atomic E-state index is 12.2. The first-order valence-electron chi connectivity index (χ1n) is 11.8. The molecule has 12 heteroatoms. The molecule has 1 aliphatic heterocycles. The molecule has 2 aromatic carbocycles. The number of halogens is 1. The summed E-state index contributed by atoms with van der Waals surface area (Å²) in [5.41, 5.74) is 2.27. The van der Waals surface area contributed by atoms with Gasteiger partial charge < -0.3 is 18.9 Å². The van der Waals surface area contributed by atoms with Crippen LogP contribution in [0.5, 0.6) is 11.5 Å². The summed E-state index contributed by atoms with van der Waals surface area (Å²) in [7, 11) is 1.08. The van der Waals surface area contributed by atoms with Gasteiger partial charge in [-0.2, -0.15) is 8.42 Å². The Morgan fingerprint density at radius 1 is 1.08 bits per heavy atom. The third-order valence-corrected chi connectivity index (χ3v) is 7.62. The normalized spacial score (nSPS) is 17.1. The van der Waals surface area contributed by atoms with Gasteiger partial charge in [0.15, 0.2) is 23.1 Å². The van der Waals surface area contributed by atoms with Crippen LogP contribution in [-0.2, 0) is 30.4 Å². The molecular formula is C25H30ClN3O7S. The Morgan fingerprint density at radius 3 is 2.59 bits per heavy atom. The second-order valence-electron chi connectivity index (χ2n) is 8.34. The number of benzene rings is 2. The van der Waals surface area contributed by atoms with E-state index in [0.29, 0.717) is 41.0 Å². The minimum Gasteiger partial charge on any atom is -0.493 e. The van der Waals surface area contributed by atoms with Crippen LogP contribution >= 0.6 is 11.6 Å². The number of hydrogen-bond donors (Lipinski definition) is 0. The van der Waals surface area contributed by atoms with E-state index in [9.17, 15) is 8.42 Å². The number of rotatable bonds is 11. The average molecular weight is 552 g/mol. The Balaban J connectivity index is 1.85. The molecule has 0 N–H and O–H groups in total. The molecule has 4 rings (SSSR count). The molecule has 2 atom stereocenters. The zero-order chi connectivity index (χ0) is 26.6. The number of ether oxygens (including phenoxy) is 4. The summed E-state index contributed by atoms with van der Waals surface area (Å²) in [6, 6.07) is 11.1. The second kappa shape index (κ2) is 11.8. The van der Waals surface area contributed by atoms with Crippen molar-refractivity contribution in [1.29, 1.82) is 0 Å². The van der Waals surface area contributed by atoms with Crippen LogP contribution in [0.15, 0.2) is 36.4 Å². The lowest BCUT2D eigenvalue weighted by molar-refractivity contribution is -0.00193. The summed E-state index contributed by atoms with van der Waals surface area (Å²) in [6.45, 7) is 1.94. The fraction of sp³-hybridized carbons (Fsp3) is 0.440. The van der Waals surface area contributed by atoms with Gasteiger partial charge >= 0.3 is 0 Å². The van der Waals surface area contributed by atoms with E-state index in [1.807, 2.05) is 28.8 Å². The minimum absolute atomic E-state index is 0.0880. The first-order chi connectivity index (χ1) is 17.8. The summed E-state index contributed by atoms with van der Waals surface area (Å²) >= 11 is 6.46. The van der Waals surface area contributed by atoms with Crippen molar-refractivity contribution in [2.45, 2.75) is 38.6 Å². The van der Waals surface area contributed by atoms with Crippen molar-refractivity contribution in [3.05, 3.63) is 64.2 Å². The highest BCUT2D eigenvalue weighted by atomic mass is 35.5. The van der Waals surface area contributed by atoms with Crippen molar-refractivity contribution >= 4 is 21.7 Å². The van der Waals surface area contributed by atoms with Gasteiger partial charge in [-0.15, -0.1) is 10.2 Å². The average Bonchev–Trinajstić information content (AvgIpc) is 3.23. The summed E-state index contributed by atoms with van der Waals surface area (Å²) in [5, 5.41) is 9.29. The number of aromatic nitrogens is 3. The predicted octanol–water partition coefficient (Wildman–Crippen LogP) is 4.39. The van der Waals surface area contributed by atoms with E-state index in [1.165, 1.54) is 0 Å². The molecular weight excluding hydrogens is 522 g/mol. The molecule has 0 bridgehead atoms. The molecule has 0 spiro atoms. The number of fused-ring (bicyclic) bond motifs is 3. The molecule has 0 amide bonds. The van der Waals surface area contributed by atoms with E-state index in [1.54, 1.807) is 40.4 Å². The highest BCUT2D eigenvalue weighted by Crippen LogP contribution is 2.46. The van der Waals surface area contributed by atoms with E-state index in [0.717, 1.165) is 16.8 Å². The minimum atomic E-state index is -3.64. The van der Waals surface area contributed by atoms with Crippen molar-refractivity contribution in [2.24, 2.45) is 0 Å². The molecule has 1 aromatic heterocycles. The summed E-state index contributed by atoms with van der Waals surface area (Å²) in [4.78, 5) is 0. The first-order valence-corrected chi connectivity index (χ1v) is 13.7. The van der Waals surface area contributed by atoms with Crippen LogP contribution in [0, 0.1) is 0 Å². The van der Waals surface area contributed by atoms with Crippen LogP contribution in [0.4, 0.5) is 0 Å². The van der Waals surface area contributed by atoms with Gasteiger partial charge in [0.2, 0.25) is 0 Å². The molecule has 0 saturated carbocycles. The molecule has 200 valence electrons. The molecule has 2 unspecified atom stereocenters. The molecule has 0 saturated heterocycles. The Bertz CT molecular complexity index is 1350. The Morgan fingerprint density at radius 2 is 1.89 bits per heavy atom. The highest BCUT2D eigenvalue weighted by molar-refractivity contribution is 7.86. The highest BCUT2D eigenvalue weighted by Gasteiger charge is 2.35.